The van der Waals surface area contributed by atoms with Gasteiger partial charge in [0.15, 0.2) is 0 Å². The van der Waals surface area contributed by atoms with Crippen LogP contribution in [0.4, 0.5) is 0 Å². The van der Waals surface area contributed by atoms with Gasteiger partial charge in [-0.3, -0.25) is 0 Å². The van der Waals surface area contributed by atoms with E-state index in [1.54, 1.807) is 11.3 Å². The summed E-state index contributed by atoms with van der Waals surface area (Å²) in [6.45, 7) is 8.03. The Labute approximate surface area is 122 Å². The maximum absolute atomic E-state index is 4.50. The van der Waals surface area contributed by atoms with E-state index in [9.17, 15) is 0 Å². The van der Waals surface area contributed by atoms with Gasteiger partial charge in [0.2, 0.25) is 0 Å². The van der Waals surface area contributed by atoms with E-state index in [0.29, 0.717) is 11.5 Å². The van der Waals surface area contributed by atoms with Gasteiger partial charge in [0.05, 0.1) is 5.01 Å². The van der Waals surface area contributed by atoms with Crippen molar-refractivity contribution in [3.63, 3.8) is 0 Å². The molecule has 0 aromatic carbocycles. The Balaban J connectivity index is 2.13. The van der Waals surface area contributed by atoms with Crippen LogP contribution in [-0.4, -0.2) is 17.6 Å². The molecule has 0 spiro atoms. The van der Waals surface area contributed by atoms with Crippen LogP contribution in [0.5, 0.6) is 0 Å². The van der Waals surface area contributed by atoms with Crippen LogP contribution in [0, 0.1) is 11.3 Å². The third kappa shape index (κ3) is 3.79. The number of hydrogen-bond acceptors (Lipinski definition) is 3. The van der Waals surface area contributed by atoms with Crippen LogP contribution in [0.25, 0.3) is 0 Å². The third-order valence-corrected chi connectivity index (χ3v) is 5.27. The minimum Gasteiger partial charge on any atom is -0.313 e. The highest BCUT2D eigenvalue weighted by atomic mass is 32.1. The van der Waals surface area contributed by atoms with Crippen molar-refractivity contribution in [2.24, 2.45) is 11.3 Å². The van der Waals surface area contributed by atoms with Crippen LogP contribution in [0.2, 0.25) is 0 Å². The second-order valence-electron chi connectivity index (χ2n) is 6.41. The molecule has 19 heavy (non-hydrogen) atoms. The molecule has 0 bridgehead atoms. The lowest BCUT2D eigenvalue weighted by Crippen LogP contribution is -2.46. The fraction of sp³-hybridized carbons (Fsp3) is 0.812. The molecule has 3 heteroatoms. The molecule has 1 N–H and O–H groups in total. The first-order valence-electron chi connectivity index (χ1n) is 7.78. The number of rotatable bonds is 7. The van der Waals surface area contributed by atoms with Crippen LogP contribution in [0.15, 0.2) is 11.6 Å². The molecule has 1 heterocycles. The van der Waals surface area contributed by atoms with Crippen molar-refractivity contribution in [1.29, 1.82) is 0 Å². The largest absolute Gasteiger partial charge is 0.313 e. The van der Waals surface area contributed by atoms with Gasteiger partial charge in [0, 0.05) is 24.0 Å². The lowest BCUT2D eigenvalue weighted by Gasteiger charge is -2.39. The van der Waals surface area contributed by atoms with Crippen molar-refractivity contribution in [3.05, 3.63) is 16.6 Å². The first kappa shape index (κ1) is 15.0. The summed E-state index contributed by atoms with van der Waals surface area (Å²) in [4.78, 5) is 4.50. The molecule has 0 radical (unpaired) electrons. The van der Waals surface area contributed by atoms with Gasteiger partial charge in [-0.15, -0.1) is 11.3 Å². The maximum atomic E-state index is 4.50. The Morgan fingerprint density at radius 2 is 2.11 bits per heavy atom. The quantitative estimate of drug-likeness (QED) is 0.807. The SMILES string of the molecule is CCNC(Cc1nccs1)C1(CC(C)C)CCCC1. The lowest BCUT2D eigenvalue weighted by atomic mass is 9.71. The van der Waals surface area contributed by atoms with Crippen molar-refractivity contribution in [2.45, 2.75) is 65.3 Å². The average molecular weight is 280 g/mol. The zero-order valence-corrected chi connectivity index (χ0v) is 13.4. The molecule has 108 valence electrons. The highest BCUT2D eigenvalue weighted by Gasteiger charge is 2.41. The van der Waals surface area contributed by atoms with Gasteiger partial charge in [0.25, 0.3) is 0 Å². The molecule has 2 nitrogen and oxygen atoms in total. The van der Waals surface area contributed by atoms with Crippen LogP contribution >= 0.6 is 11.3 Å². The lowest BCUT2D eigenvalue weighted by molar-refractivity contribution is 0.155. The molecular formula is C16H28N2S. The summed E-state index contributed by atoms with van der Waals surface area (Å²) >= 11 is 1.80. The summed E-state index contributed by atoms with van der Waals surface area (Å²) in [6.07, 6.45) is 10.0. The molecule has 2 rings (SSSR count). The van der Waals surface area contributed by atoms with E-state index in [4.69, 9.17) is 0 Å². The first-order chi connectivity index (χ1) is 9.16. The molecular weight excluding hydrogens is 252 g/mol. The average Bonchev–Trinajstić information content (AvgIpc) is 2.99. The van der Waals surface area contributed by atoms with E-state index in [1.807, 2.05) is 6.20 Å². The number of hydrogen-bond donors (Lipinski definition) is 1. The third-order valence-electron chi connectivity index (χ3n) is 4.47. The number of likely N-dealkylation sites (N-methyl/N-ethyl adjacent to an activating group) is 1. The Morgan fingerprint density at radius 1 is 1.37 bits per heavy atom. The maximum Gasteiger partial charge on any atom is 0.0940 e. The minimum absolute atomic E-state index is 0.510. The van der Waals surface area contributed by atoms with Gasteiger partial charge in [-0.05, 0) is 37.1 Å². The van der Waals surface area contributed by atoms with Gasteiger partial charge in [-0.1, -0.05) is 33.6 Å². The summed E-state index contributed by atoms with van der Waals surface area (Å²) in [5.41, 5.74) is 0.510. The van der Waals surface area contributed by atoms with E-state index in [2.05, 4.69) is 36.5 Å². The second-order valence-corrected chi connectivity index (χ2v) is 7.39. The highest BCUT2D eigenvalue weighted by molar-refractivity contribution is 7.09. The van der Waals surface area contributed by atoms with E-state index in [0.717, 1.165) is 18.9 Å². The fourth-order valence-electron chi connectivity index (χ4n) is 3.87. The number of nitrogens with zero attached hydrogens (tertiary/aromatic N) is 1. The van der Waals surface area contributed by atoms with Gasteiger partial charge in [0.1, 0.15) is 0 Å². The number of nitrogens with one attached hydrogen (secondary N) is 1. The van der Waals surface area contributed by atoms with Crippen molar-refractivity contribution >= 4 is 11.3 Å². The Hall–Kier alpha value is -0.410. The van der Waals surface area contributed by atoms with Gasteiger partial charge in [-0.2, -0.15) is 0 Å². The van der Waals surface area contributed by atoms with Crippen molar-refractivity contribution in [3.8, 4) is 0 Å². The molecule has 1 aliphatic rings. The zero-order valence-electron chi connectivity index (χ0n) is 12.6. The minimum atomic E-state index is 0.510. The predicted molar refractivity (Wildman–Crippen MR) is 83.6 cm³/mol. The molecule has 1 aromatic heterocycles. The van der Waals surface area contributed by atoms with E-state index < -0.39 is 0 Å². The highest BCUT2D eigenvalue weighted by Crippen LogP contribution is 2.46. The first-order valence-corrected chi connectivity index (χ1v) is 8.66. The van der Waals surface area contributed by atoms with Crippen LogP contribution in [0.1, 0.15) is 57.9 Å². The van der Waals surface area contributed by atoms with E-state index in [1.165, 1.54) is 37.1 Å². The standard InChI is InChI=1S/C16H28N2S/c1-4-17-14(11-15-18-9-10-19-15)16(12-13(2)3)7-5-6-8-16/h9-10,13-14,17H,4-8,11-12H2,1-3H3. The molecule has 1 unspecified atom stereocenters. The second kappa shape index (κ2) is 6.85. The monoisotopic (exact) mass is 280 g/mol. The van der Waals surface area contributed by atoms with Crippen LogP contribution in [0.3, 0.4) is 0 Å². The van der Waals surface area contributed by atoms with E-state index in [-0.39, 0.29) is 0 Å². The molecule has 1 aromatic rings. The van der Waals surface area contributed by atoms with Gasteiger partial charge < -0.3 is 5.32 Å². The topological polar surface area (TPSA) is 24.9 Å². The summed E-state index contributed by atoms with van der Waals surface area (Å²) < 4.78 is 0. The molecule has 1 aliphatic carbocycles. The molecule has 0 saturated heterocycles. The number of aromatic nitrogens is 1. The molecule has 1 fully saturated rings. The zero-order chi connectivity index (χ0) is 13.7. The Kier molecular flexibility index (Phi) is 5.40. The summed E-state index contributed by atoms with van der Waals surface area (Å²) in [5.74, 6) is 0.788. The molecule has 0 amide bonds. The van der Waals surface area contributed by atoms with Gasteiger partial charge >= 0.3 is 0 Å². The van der Waals surface area contributed by atoms with Gasteiger partial charge in [-0.25, -0.2) is 4.98 Å². The number of thiazole rings is 1. The summed E-state index contributed by atoms with van der Waals surface area (Å²) in [6, 6.07) is 0.605. The smallest absolute Gasteiger partial charge is 0.0940 e. The predicted octanol–water partition coefficient (Wildman–Crippen LogP) is 4.27. The van der Waals surface area contributed by atoms with Crippen molar-refractivity contribution < 1.29 is 0 Å². The molecule has 1 atom stereocenters. The van der Waals surface area contributed by atoms with Crippen LogP contribution in [-0.2, 0) is 6.42 Å². The summed E-state index contributed by atoms with van der Waals surface area (Å²) in [7, 11) is 0. The fourth-order valence-corrected chi connectivity index (χ4v) is 4.53. The molecule has 1 saturated carbocycles. The van der Waals surface area contributed by atoms with Crippen molar-refractivity contribution in [1.82, 2.24) is 10.3 Å². The van der Waals surface area contributed by atoms with Crippen molar-refractivity contribution in [2.75, 3.05) is 6.54 Å². The normalized spacial score (nSPS) is 20.0. The van der Waals surface area contributed by atoms with E-state index >= 15 is 0 Å². The Morgan fingerprint density at radius 3 is 2.63 bits per heavy atom. The summed E-state index contributed by atoms with van der Waals surface area (Å²) in [5, 5.41) is 7.17. The Bertz CT molecular complexity index is 353. The van der Waals surface area contributed by atoms with Crippen LogP contribution < -0.4 is 5.32 Å². The molecule has 0 aliphatic heterocycles.